The molecule has 3 heteroatoms. The minimum atomic E-state index is 0.331. The Balaban J connectivity index is 3.14. The van der Waals surface area contributed by atoms with Crippen LogP contribution in [0.25, 0.3) is 0 Å². The number of rotatable bonds is 7. The normalized spacial score (nSPS) is 13.8. The van der Waals surface area contributed by atoms with Crippen LogP contribution < -0.4 is 11.5 Å². The standard InChI is InChI=1S/C9H23N3/c1-12(2)8-9(11)6-4-3-5-7-10/h9H,3-8,10-11H2,1-2H3. The molecule has 0 aromatic rings. The molecular weight excluding hydrogens is 150 g/mol. The van der Waals surface area contributed by atoms with Crippen molar-refractivity contribution in [2.45, 2.75) is 31.7 Å². The zero-order valence-electron chi connectivity index (χ0n) is 8.42. The number of hydrogen-bond donors (Lipinski definition) is 2. The summed E-state index contributed by atoms with van der Waals surface area (Å²) in [5, 5.41) is 0. The molecule has 0 heterocycles. The Labute approximate surface area is 76.1 Å². The first-order chi connectivity index (χ1) is 5.66. The minimum absolute atomic E-state index is 0.331. The van der Waals surface area contributed by atoms with Gasteiger partial charge in [0, 0.05) is 12.6 Å². The van der Waals surface area contributed by atoms with Crippen LogP contribution in [-0.4, -0.2) is 38.1 Å². The van der Waals surface area contributed by atoms with Crippen LogP contribution in [0.2, 0.25) is 0 Å². The lowest BCUT2D eigenvalue weighted by atomic mass is 10.1. The second-order valence-corrected chi connectivity index (χ2v) is 3.66. The molecule has 0 aliphatic rings. The topological polar surface area (TPSA) is 55.3 Å². The summed E-state index contributed by atoms with van der Waals surface area (Å²) >= 11 is 0. The highest BCUT2D eigenvalue weighted by atomic mass is 15.1. The molecule has 0 aromatic heterocycles. The number of hydrogen-bond acceptors (Lipinski definition) is 3. The summed E-state index contributed by atoms with van der Waals surface area (Å²) in [5.41, 5.74) is 11.3. The van der Waals surface area contributed by atoms with Gasteiger partial charge in [0.25, 0.3) is 0 Å². The first-order valence-corrected chi connectivity index (χ1v) is 4.77. The van der Waals surface area contributed by atoms with Gasteiger partial charge in [0.1, 0.15) is 0 Å². The third-order valence-corrected chi connectivity index (χ3v) is 1.88. The van der Waals surface area contributed by atoms with E-state index in [0.29, 0.717) is 6.04 Å². The summed E-state index contributed by atoms with van der Waals surface area (Å²) in [5.74, 6) is 0. The van der Waals surface area contributed by atoms with Gasteiger partial charge in [-0.3, -0.25) is 0 Å². The molecule has 0 amide bonds. The highest BCUT2D eigenvalue weighted by molar-refractivity contribution is 4.63. The monoisotopic (exact) mass is 173 g/mol. The molecule has 0 aliphatic carbocycles. The third kappa shape index (κ3) is 7.98. The van der Waals surface area contributed by atoms with Crippen molar-refractivity contribution in [3.8, 4) is 0 Å². The van der Waals surface area contributed by atoms with Crippen molar-refractivity contribution >= 4 is 0 Å². The van der Waals surface area contributed by atoms with Crippen molar-refractivity contribution in [2.75, 3.05) is 27.2 Å². The van der Waals surface area contributed by atoms with Crippen molar-refractivity contribution < 1.29 is 0 Å². The largest absolute Gasteiger partial charge is 0.330 e. The van der Waals surface area contributed by atoms with Gasteiger partial charge in [-0.1, -0.05) is 12.8 Å². The maximum absolute atomic E-state index is 5.88. The number of likely N-dealkylation sites (N-methyl/N-ethyl adjacent to an activating group) is 1. The molecule has 0 rings (SSSR count). The Bertz CT molecular complexity index is 93.8. The molecule has 4 N–H and O–H groups in total. The second-order valence-electron chi connectivity index (χ2n) is 3.66. The summed E-state index contributed by atoms with van der Waals surface area (Å²) in [6, 6.07) is 0.331. The Kier molecular flexibility index (Phi) is 7.45. The predicted molar refractivity (Wildman–Crippen MR) is 54.1 cm³/mol. The molecule has 0 radical (unpaired) electrons. The summed E-state index contributed by atoms with van der Waals surface area (Å²) in [6.07, 6.45) is 4.69. The second kappa shape index (κ2) is 7.53. The van der Waals surface area contributed by atoms with Crippen LogP contribution in [0.5, 0.6) is 0 Å². The van der Waals surface area contributed by atoms with E-state index < -0.39 is 0 Å². The number of unbranched alkanes of at least 4 members (excludes halogenated alkanes) is 2. The van der Waals surface area contributed by atoms with E-state index in [4.69, 9.17) is 11.5 Å². The molecule has 0 aliphatic heterocycles. The summed E-state index contributed by atoms with van der Waals surface area (Å²) in [6.45, 7) is 1.80. The van der Waals surface area contributed by atoms with Gasteiger partial charge in [-0.15, -0.1) is 0 Å². The van der Waals surface area contributed by atoms with Crippen molar-refractivity contribution in [3.63, 3.8) is 0 Å². The molecular formula is C9H23N3. The molecule has 0 spiro atoms. The number of nitrogens with zero attached hydrogens (tertiary/aromatic N) is 1. The lowest BCUT2D eigenvalue weighted by Crippen LogP contribution is -2.32. The maximum atomic E-state index is 5.88. The van der Waals surface area contributed by atoms with E-state index in [1.807, 2.05) is 0 Å². The highest BCUT2D eigenvalue weighted by Gasteiger charge is 2.02. The molecule has 0 saturated heterocycles. The Morgan fingerprint density at radius 2 is 1.83 bits per heavy atom. The van der Waals surface area contributed by atoms with E-state index in [2.05, 4.69) is 19.0 Å². The van der Waals surface area contributed by atoms with Crippen LogP contribution in [0.3, 0.4) is 0 Å². The SMILES string of the molecule is CN(C)CC(N)CCCCCN. The Morgan fingerprint density at radius 3 is 2.33 bits per heavy atom. The van der Waals surface area contributed by atoms with E-state index in [1.54, 1.807) is 0 Å². The first-order valence-electron chi connectivity index (χ1n) is 4.77. The van der Waals surface area contributed by atoms with Crippen LogP contribution in [0.15, 0.2) is 0 Å². The number of nitrogens with two attached hydrogens (primary N) is 2. The molecule has 3 nitrogen and oxygen atoms in total. The minimum Gasteiger partial charge on any atom is -0.330 e. The van der Waals surface area contributed by atoms with Crippen molar-refractivity contribution in [2.24, 2.45) is 11.5 Å². The van der Waals surface area contributed by atoms with E-state index in [9.17, 15) is 0 Å². The van der Waals surface area contributed by atoms with E-state index >= 15 is 0 Å². The fourth-order valence-corrected chi connectivity index (χ4v) is 1.29. The van der Waals surface area contributed by atoms with Gasteiger partial charge >= 0.3 is 0 Å². The lowest BCUT2D eigenvalue weighted by molar-refractivity contribution is 0.358. The van der Waals surface area contributed by atoms with Crippen molar-refractivity contribution in [1.29, 1.82) is 0 Å². The van der Waals surface area contributed by atoms with Crippen LogP contribution in [0, 0.1) is 0 Å². The van der Waals surface area contributed by atoms with Gasteiger partial charge in [0.05, 0.1) is 0 Å². The smallest absolute Gasteiger partial charge is 0.0167 e. The maximum Gasteiger partial charge on any atom is 0.0167 e. The first kappa shape index (κ1) is 11.9. The van der Waals surface area contributed by atoms with Crippen molar-refractivity contribution in [1.82, 2.24) is 4.90 Å². The average molecular weight is 173 g/mol. The summed E-state index contributed by atoms with van der Waals surface area (Å²) in [4.78, 5) is 2.13. The zero-order valence-corrected chi connectivity index (χ0v) is 8.42. The van der Waals surface area contributed by atoms with Crippen LogP contribution in [0.1, 0.15) is 25.7 Å². The fraction of sp³-hybridized carbons (Fsp3) is 1.00. The molecule has 74 valence electrons. The summed E-state index contributed by atoms with van der Waals surface area (Å²) < 4.78 is 0. The van der Waals surface area contributed by atoms with Gasteiger partial charge in [0.15, 0.2) is 0 Å². The molecule has 12 heavy (non-hydrogen) atoms. The van der Waals surface area contributed by atoms with Gasteiger partial charge in [-0.05, 0) is 33.5 Å². The van der Waals surface area contributed by atoms with Gasteiger partial charge < -0.3 is 16.4 Å². The van der Waals surface area contributed by atoms with Gasteiger partial charge in [0.2, 0.25) is 0 Å². The molecule has 0 fully saturated rings. The van der Waals surface area contributed by atoms with Crippen LogP contribution >= 0.6 is 0 Å². The third-order valence-electron chi connectivity index (χ3n) is 1.88. The summed E-state index contributed by atoms with van der Waals surface area (Å²) in [7, 11) is 4.11. The molecule has 1 atom stereocenters. The van der Waals surface area contributed by atoms with Gasteiger partial charge in [-0.25, -0.2) is 0 Å². The molecule has 1 unspecified atom stereocenters. The van der Waals surface area contributed by atoms with E-state index in [-0.39, 0.29) is 0 Å². The predicted octanol–water partition coefficient (Wildman–Crippen LogP) is 0.394. The Hall–Kier alpha value is -0.120. The molecule has 0 bridgehead atoms. The fourth-order valence-electron chi connectivity index (χ4n) is 1.29. The van der Waals surface area contributed by atoms with E-state index in [1.165, 1.54) is 12.8 Å². The van der Waals surface area contributed by atoms with Gasteiger partial charge in [-0.2, -0.15) is 0 Å². The highest BCUT2D eigenvalue weighted by Crippen LogP contribution is 2.01. The van der Waals surface area contributed by atoms with Crippen molar-refractivity contribution in [3.05, 3.63) is 0 Å². The molecule has 0 saturated carbocycles. The molecule has 0 aromatic carbocycles. The quantitative estimate of drug-likeness (QED) is 0.548. The van der Waals surface area contributed by atoms with E-state index in [0.717, 1.165) is 25.9 Å². The Morgan fingerprint density at radius 1 is 1.17 bits per heavy atom. The lowest BCUT2D eigenvalue weighted by Gasteiger charge is -2.16. The van der Waals surface area contributed by atoms with Crippen LogP contribution in [-0.2, 0) is 0 Å². The van der Waals surface area contributed by atoms with Crippen LogP contribution in [0.4, 0.5) is 0 Å². The average Bonchev–Trinajstić information content (AvgIpc) is 1.97. The zero-order chi connectivity index (χ0) is 9.40.